The SMILES string of the molecule is CCc1noc(CN2CCc3ccc(C(=O)O)cc3C2)n1. The first-order chi connectivity index (χ1) is 10.2. The number of aromatic carboxylic acids is 1. The van der Waals surface area contributed by atoms with Crippen molar-refractivity contribution in [1.82, 2.24) is 15.0 Å². The van der Waals surface area contributed by atoms with Crippen LogP contribution in [-0.4, -0.2) is 32.7 Å². The van der Waals surface area contributed by atoms with Crippen molar-refractivity contribution in [2.24, 2.45) is 0 Å². The summed E-state index contributed by atoms with van der Waals surface area (Å²) in [7, 11) is 0. The maximum absolute atomic E-state index is 11.0. The van der Waals surface area contributed by atoms with Crippen LogP contribution in [0.25, 0.3) is 0 Å². The highest BCUT2D eigenvalue weighted by Gasteiger charge is 2.19. The Hall–Kier alpha value is -2.21. The molecule has 1 aliphatic rings. The quantitative estimate of drug-likeness (QED) is 0.925. The molecule has 0 radical (unpaired) electrons. The Morgan fingerprint density at radius 2 is 2.29 bits per heavy atom. The average Bonchev–Trinajstić information content (AvgIpc) is 2.94. The Labute approximate surface area is 122 Å². The lowest BCUT2D eigenvalue weighted by atomic mass is 9.97. The predicted molar refractivity (Wildman–Crippen MR) is 74.9 cm³/mol. The third-order valence-electron chi connectivity index (χ3n) is 3.73. The summed E-state index contributed by atoms with van der Waals surface area (Å²) in [6.45, 7) is 4.20. The van der Waals surface area contributed by atoms with E-state index in [1.807, 2.05) is 13.0 Å². The van der Waals surface area contributed by atoms with Crippen LogP contribution < -0.4 is 0 Å². The third kappa shape index (κ3) is 2.95. The second-order valence-corrected chi connectivity index (χ2v) is 5.21. The average molecular weight is 287 g/mol. The van der Waals surface area contributed by atoms with Crippen molar-refractivity contribution < 1.29 is 14.4 Å². The number of carbonyl (C=O) groups is 1. The van der Waals surface area contributed by atoms with E-state index in [0.29, 0.717) is 24.5 Å². The van der Waals surface area contributed by atoms with Crippen LogP contribution in [0.3, 0.4) is 0 Å². The Kier molecular flexibility index (Phi) is 3.70. The molecule has 1 aromatic heterocycles. The number of hydrogen-bond acceptors (Lipinski definition) is 5. The molecule has 0 amide bonds. The summed E-state index contributed by atoms with van der Waals surface area (Å²) in [5, 5.41) is 13.0. The van der Waals surface area contributed by atoms with Crippen LogP contribution in [0.4, 0.5) is 0 Å². The van der Waals surface area contributed by atoms with Gasteiger partial charge in [-0.25, -0.2) is 4.79 Å². The lowest BCUT2D eigenvalue weighted by molar-refractivity contribution is 0.0696. The largest absolute Gasteiger partial charge is 0.478 e. The van der Waals surface area contributed by atoms with Gasteiger partial charge in [0.1, 0.15) is 0 Å². The van der Waals surface area contributed by atoms with E-state index < -0.39 is 5.97 Å². The van der Waals surface area contributed by atoms with Gasteiger partial charge in [0.15, 0.2) is 5.82 Å². The van der Waals surface area contributed by atoms with E-state index in [0.717, 1.165) is 30.8 Å². The monoisotopic (exact) mass is 287 g/mol. The molecule has 21 heavy (non-hydrogen) atoms. The van der Waals surface area contributed by atoms with E-state index in [2.05, 4.69) is 15.0 Å². The minimum absolute atomic E-state index is 0.335. The van der Waals surface area contributed by atoms with Crippen LogP contribution in [-0.2, 0) is 25.9 Å². The molecular formula is C15H17N3O3. The molecule has 6 nitrogen and oxygen atoms in total. The highest BCUT2D eigenvalue weighted by molar-refractivity contribution is 5.87. The normalized spacial score (nSPS) is 14.9. The Balaban J connectivity index is 1.73. The van der Waals surface area contributed by atoms with Gasteiger partial charge in [-0.15, -0.1) is 0 Å². The molecule has 0 saturated heterocycles. The Morgan fingerprint density at radius 3 is 3.00 bits per heavy atom. The number of benzene rings is 1. The molecule has 2 aromatic rings. The number of hydrogen-bond donors (Lipinski definition) is 1. The number of fused-ring (bicyclic) bond motifs is 1. The van der Waals surface area contributed by atoms with Gasteiger partial charge >= 0.3 is 5.97 Å². The fourth-order valence-electron chi connectivity index (χ4n) is 2.57. The molecule has 1 N–H and O–H groups in total. The molecular weight excluding hydrogens is 270 g/mol. The van der Waals surface area contributed by atoms with Gasteiger partial charge in [-0.1, -0.05) is 18.1 Å². The minimum Gasteiger partial charge on any atom is -0.478 e. The Bertz CT molecular complexity index is 666. The maximum atomic E-state index is 11.0. The predicted octanol–water partition coefficient (Wildman–Crippen LogP) is 1.89. The zero-order valence-corrected chi connectivity index (χ0v) is 11.9. The minimum atomic E-state index is -0.889. The van der Waals surface area contributed by atoms with Crippen LogP contribution in [0.15, 0.2) is 22.7 Å². The fourth-order valence-corrected chi connectivity index (χ4v) is 2.57. The van der Waals surface area contributed by atoms with E-state index in [1.54, 1.807) is 12.1 Å². The summed E-state index contributed by atoms with van der Waals surface area (Å²) in [5.41, 5.74) is 2.62. The molecule has 6 heteroatoms. The summed E-state index contributed by atoms with van der Waals surface area (Å²) >= 11 is 0. The van der Waals surface area contributed by atoms with Crippen LogP contribution in [0.2, 0.25) is 0 Å². The van der Waals surface area contributed by atoms with Crippen LogP contribution >= 0.6 is 0 Å². The zero-order chi connectivity index (χ0) is 14.8. The molecule has 110 valence electrons. The molecule has 2 heterocycles. The zero-order valence-electron chi connectivity index (χ0n) is 11.9. The first-order valence-corrected chi connectivity index (χ1v) is 7.04. The lowest BCUT2D eigenvalue weighted by Gasteiger charge is -2.27. The highest BCUT2D eigenvalue weighted by Crippen LogP contribution is 2.21. The van der Waals surface area contributed by atoms with Crippen molar-refractivity contribution in [1.29, 1.82) is 0 Å². The van der Waals surface area contributed by atoms with Crippen molar-refractivity contribution >= 4 is 5.97 Å². The number of carboxylic acid groups (broad SMARTS) is 1. The molecule has 1 aromatic carbocycles. The van der Waals surface area contributed by atoms with Gasteiger partial charge in [0, 0.05) is 19.5 Å². The number of nitrogens with zero attached hydrogens (tertiary/aromatic N) is 3. The van der Waals surface area contributed by atoms with Crippen LogP contribution in [0.1, 0.15) is 40.1 Å². The van der Waals surface area contributed by atoms with E-state index in [-0.39, 0.29) is 0 Å². The van der Waals surface area contributed by atoms with E-state index >= 15 is 0 Å². The van der Waals surface area contributed by atoms with Gasteiger partial charge in [-0.2, -0.15) is 4.98 Å². The molecule has 1 aliphatic heterocycles. The van der Waals surface area contributed by atoms with Gasteiger partial charge in [0.2, 0.25) is 5.89 Å². The van der Waals surface area contributed by atoms with Gasteiger partial charge in [0.05, 0.1) is 12.1 Å². The molecule has 0 bridgehead atoms. The molecule has 0 unspecified atom stereocenters. The van der Waals surface area contributed by atoms with Crippen molar-refractivity contribution in [3.8, 4) is 0 Å². The summed E-state index contributed by atoms with van der Waals surface area (Å²) < 4.78 is 5.21. The van der Waals surface area contributed by atoms with Crippen molar-refractivity contribution in [2.45, 2.75) is 32.9 Å². The molecule has 0 atom stereocenters. The lowest BCUT2D eigenvalue weighted by Crippen LogP contribution is -2.30. The topological polar surface area (TPSA) is 79.5 Å². The summed E-state index contributed by atoms with van der Waals surface area (Å²) in [4.78, 5) is 17.6. The van der Waals surface area contributed by atoms with E-state index in [1.165, 1.54) is 5.56 Å². The molecule has 0 saturated carbocycles. The second-order valence-electron chi connectivity index (χ2n) is 5.21. The van der Waals surface area contributed by atoms with Gasteiger partial charge < -0.3 is 9.63 Å². The standard InChI is InChI=1S/C15H17N3O3/c1-2-13-16-14(21-17-13)9-18-6-5-10-3-4-11(15(19)20)7-12(10)8-18/h3-4,7H,2,5-6,8-9H2,1H3,(H,19,20). The maximum Gasteiger partial charge on any atom is 0.335 e. The van der Waals surface area contributed by atoms with Gasteiger partial charge in [0.25, 0.3) is 0 Å². The summed E-state index contributed by atoms with van der Waals surface area (Å²) in [6.07, 6.45) is 1.66. The molecule has 0 aliphatic carbocycles. The fraction of sp³-hybridized carbons (Fsp3) is 0.400. The molecule has 3 rings (SSSR count). The number of aryl methyl sites for hydroxylation is 1. The van der Waals surface area contributed by atoms with Gasteiger partial charge in [-0.05, 0) is 29.7 Å². The van der Waals surface area contributed by atoms with Crippen molar-refractivity contribution in [2.75, 3.05) is 6.54 Å². The first-order valence-electron chi connectivity index (χ1n) is 7.04. The highest BCUT2D eigenvalue weighted by atomic mass is 16.5. The number of rotatable bonds is 4. The molecule has 0 spiro atoms. The summed E-state index contributed by atoms with van der Waals surface area (Å²) in [5.74, 6) is 0.444. The van der Waals surface area contributed by atoms with Gasteiger partial charge in [-0.3, -0.25) is 4.90 Å². The van der Waals surface area contributed by atoms with Crippen molar-refractivity contribution in [3.05, 3.63) is 46.6 Å². The number of carboxylic acids is 1. The Morgan fingerprint density at radius 1 is 1.43 bits per heavy atom. The van der Waals surface area contributed by atoms with E-state index in [4.69, 9.17) is 9.63 Å². The van der Waals surface area contributed by atoms with Crippen molar-refractivity contribution in [3.63, 3.8) is 0 Å². The molecule has 0 fully saturated rings. The van der Waals surface area contributed by atoms with Crippen LogP contribution in [0.5, 0.6) is 0 Å². The first kappa shape index (κ1) is 13.8. The summed E-state index contributed by atoms with van der Waals surface area (Å²) in [6, 6.07) is 5.34. The number of aromatic nitrogens is 2. The third-order valence-corrected chi connectivity index (χ3v) is 3.73. The smallest absolute Gasteiger partial charge is 0.335 e. The van der Waals surface area contributed by atoms with E-state index in [9.17, 15) is 4.79 Å². The second kappa shape index (κ2) is 5.65. The van der Waals surface area contributed by atoms with Crippen LogP contribution in [0, 0.1) is 0 Å².